The lowest BCUT2D eigenvalue weighted by atomic mass is 10.2. The first kappa shape index (κ1) is 15.8. The molecule has 0 atom stereocenters. The Labute approximate surface area is 142 Å². The van der Waals surface area contributed by atoms with Gasteiger partial charge in [-0.25, -0.2) is 4.68 Å². The predicted molar refractivity (Wildman–Crippen MR) is 91.3 cm³/mol. The summed E-state index contributed by atoms with van der Waals surface area (Å²) in [6, 6.07) is 7.86. The van der Waals surface area contributed by atoms with Crippen molar-refractivity contribution in [2.24, 2.45) is 0 Å². The van der Waals surface area contributed by atoms with Gasteiger partial charge in [0.2, 0.25) is 5.16 Å². The standard InChI is InChI=1S/C14H18BrN5OS/c15-12-4-2-1-3-11(12)13-17-18-14(20(13)16)22-10-7-19-5-8-21-9-6-19/h1-4H,5-10,16H2. The Balaban J connectivity index is 1.62. The number of nitrogens with two attached hydrogens (primary N) is 1. The maximum atomic E-state index is 6.14. The lowest BCUT2D eigenvalue weighted by molar-refractivity contribution is 0.0410. The van der Waals surface area contributed by atoms with Crippen molar-refractivity contribution >= 4 is 27.7 Å². The number of rotatable bonds is 5. The topological polar surface area (TPSA) is 69.2 Å². The molecular weight excluding hydrogens is 366 g/mol. The fourth-order valence-corrected chi connectivity index (χ4v) is 3.61. The van der Waals surface area contributed by atoms with Crippen LogP contribution in [0.1, 0.15) is 0 Å². The van der Waals surface area contributed by atoms with Gasteiger partial charge in [-0.05, 0) is 12.1 Å². The second-order valence-corrected chi connectivity index (χ2v) is 6.87. The normalized spacial score (nSPS) is 16.0. The SMILES string of the molecule is Nn1c(SCCN2CCOCC2)nnc1-c1ccccc1Br. The third kappa shape index (κ3) is 3.62. The molecule has 0 amide bonds. The van der Waals surface area contributed by atoms with Gasteiger partial charge in [0.15, 0.2) is 5.82 Å². The summed E-state index contributed by atoms with van der Waals surface area (Å²) < 4.78 is 7.86. The molecule has 2 heterocycles. The van der Waals surface area contributed by atoms with Gasteiger partial charge in [-0.2, -0.15) is 0 Å². The Morgan fingerprint density at radius 1 is 1.23 bits per heavy atom. The number of benzene rings is 1. The van der Waals surface area contributed by atoms with E-state index in [9.17, 15) is 0 Å². The Bertz CT molecular complexity index is 629. The third-order valence-corrected chi connectivity index (χ3v) is 5.14. The Hall–Kier alpha value is -1.09. The minimum atomic E-state index is 0.668. The first-order valence-electron chi connectivity index (χ1n) is 7.14. The van der Waals surface area contributed by atoms with E-state index in [1.165, 1.54) is 0 Å². The van der Waals surface area contributed by atoms with Crippen LogP contribution in [-0.2, 0) is 4.74 Å². The molecule has 0 spiro atoms. The molecule has 1 aliphatic rings. The van der Waals surface area contributed by atoms with Crippen LogP contribution in [0, 0.1) is 0 Å². The van der Waals surface area contributed by atoms with Gasteiger partial charge in [-0.1, -0.05) is 39.8 Å². The van der Waals surface area contributed by atoms with E-state index in [1.807, 2.05) is 24.3 Å². The molecule has 1 saturated heterocycles. The van der Waals surface area contributed by atoms with Gasteiger partial charge in [0.25, 0.3) is 0 Å². The van der Waals surface area contributed by atoms with Crippen LogP contribution in [-0.4, -0.2) is 58.4 Å². The lowest BCUT2D eigenvalue weighted by Crippen LogP contribution is -2.37. The number of morpholine rings is 1. The third-order valence-electron chi connectivity index (χ3n) is 3.52. The van der Waals surface area contributed by atoms with Crippen molar-refractivity contribution in [3.63, 3.8) is 0 Å². The van der Waals surface area contributed by atoms with Gasteiger partial charge >= 0.3 is 0 Å². The summed E-state index contributed by atoms with van der Waals surface area (Å²) in [6.45, 7) is 4.65. The maximum Gasteiger partial charge on any atom is 0.210 e. The number of hydrogen-bond donors (Lipinski definition) is 1. The molecule has 2 aromatic rings. The van der Waals surface area contributed by atoms with Crippen molar-refractivity contribution in [3.05, 3.63) is 28.7 Å². The maximum absolute atomic E-state index is 6.14. The van der Waals surface area contributed by atoms with Crippen LogP contribution in [0.25, 0.3) is 11.4 Å². The van der Waals surface area contributed by atoms with Crippen LogP contribution in [0.3, 0.4) is 0 Å². The van der Waals surface area contributed by atoms with Crippen LogP contribution < -0.4 is 5.84 Å². The van der Waals surface area contributed by atoms with Crippen molar-refractivity contribution in [1.82, 2.24) is 19.8 Å². The second-order valence-electron chi connectivity index (χ2n) is 4.96. The van der Waals surface area contributed by atoms with E-state index >= 15 is 0 Å². The highest BCUT2D eigenvalue weighted by molar-refractivity contribution is 9.10. The molecule has 6 nitrogen and oxygen atoms in total. The largest absolute Gasteiger partial charge is 0.379 e. The van der Waals surface area contributed by atoms with Crippen molar-refractivity contribution in [3.8, 4) is 11.4 Å². The van der Waals surface area contributed by atoms with Gasteiger partial charge in [-0.3, -0.25) is 4.90 Å². The molecule has 2 N–H and O–H groups in total. The molecule has 118 valence electrons. The molecule has 0 aliphatic carbocycles. The zero-order chi connectivity index (χ0) is 15.4. The average Bonchev–Trinajstić information content (AvgIpc) is 2.90. The zero-order valence-corrected chi connectivity index (χ0v) is 14.5. The van der Waals surface area contributed by atoms with Gasteiger partial charge in [0.1, 0.15) is 0 Å². The van der Waals surface area contributed by atoms with Crippen LogP contribution in [0.15, 0.2) is 33.9 Å². The quantitative estimate of drug-likeness (QED) is 0.627. The van der Waals surface area contributed by atoms with E-state index in [1.54, 1.807) is 16.4 Å². The number of hydrogen-bond acceptors (Lipinski definition) is 6. The van der Waals surface area contributed by atoms with Crippen molar-refractivity contribution in [2.45, 2.75) is 5.16 Å². The van der Waals surface area contributed by atoms with Gasteiger partial charge in [-0.15, -0.1) is 10.2 Å². The molecule has 0 bridgehead atoms. The minimum Gasteiger partial charge on any atom is -0.379 e. The van der Waals surface area contributed by atoms with E-state index in [2.05, 4.69) is 31.0 Å². The summed E-state index contributed by atoms with van der Waals surface area (Å²) in [7, 11) is 0. The van der Waals surface area contributed by atoms with Crippen LogP contribution >= 0.6 is 27.7 Å². The van der Waals surface area contributed by atoms with Crippen LogP contribution in [0.2, 0.25) is 0 Å². The Kier molecular flexibility index (Phi) is 5.35. The molecule has 0 saturated carbocycles. The van der Waals surface area contributed by atoms with Crippen molar-refractivity contribution in [1.29, 1.82) is 0 Å². The minimum absolute atomic E-state index is 0.668. The van der Waals surface area contributed by atoms with Gasteiger partial charge < -0.3 is 10.6 Å². The average molecular weight is 384 g/mol. The zero-order valence-electron chi connectivity index (χ0n) is 12.1. The molecule has 1 aliphatic heterocycles. The second kappa shape index (κ2) is 7.45. The molecule has 0 unspecified atom stereocenters. The first-order valence-corrected chi connectivity index (χ1v) is 8.92. The number of thioether (sulfide) groups is 1. The van der Waals surface area contributed by atoms with Gasteiger partial charge in [0.05, 0.1) is 13.2 Å². The number of nitrogens with zero attached hydrogens (tertiary/aromatic N) is 4. The van der Waals surface area contributed by atoms with E-state index in [-0.39, 0.29) is 0 Å². The predicted octanol–water partition coefficient (Wildman–Crippen LogP) is 1.85. The number of aromatic nitrogens is 3. The van der Waals surface area contributed by atoms with E-state index < -0.39 is 0 Å². The van der Waals surface area contributed by atoms with Crippen LogP contribution in [0.5, 0.6) is 0 Å². The highest BCUT2D eigenvalue weighted by atomic mass is 79.9. The molecule has 0 radical (unpaired) electrons. The molecule has 22 heavy (non-hydrogen) atoms. The molecule has 3 rings (SSSR count). The van der Waals surface area contributed by atoms with E-state index in [0.717, 1.165) is 53.8 Å². The summed E-state index contributed by atoms with van der Waals surface area (Å²) in [5.74, 6) is 7.74. The summed E-state index contributed by atoms with van der Waals surface area (Å²) in [6.07, 6.45) is 0. The number of ether oxygens (including phenoxy) is 1. The Morgan fingerprint density at radius 3 is 2.77 bits per heavy atom. The molecule has 1 aromatic carbocycles. The lowest BCUT2D eigenvalue weighted by Gasteiger charge is -2.26. The summed E-state index contributed by atoms with van der Waals surface area (Å²) >= 11 is 5.15. The molecule has 8 heteroatoms. The van der Waals surface area contributed by atoms with E-state index in [0.29, 0.717) is 5.82 Å². The fourth-order valence-electron chi connectivity index (χ4n) is 2.29. The Morgan fingerprint density at radius 2 is 2.00 bits per heavy atom. The molecular formula is C14H18BrN5OS. The number of nitrogen functional groups attached to an aromatic ring is 1. The summed E-state index contributed by atoms with van der Waals surface area (Å²) in [5.41, 5.74) is 0.942. The summed E-state index contributed by atoms with van der Waals surface area (Å²) in [5, 5.41) is 9.15. The highest BCUT2D eigenvalue weighted by Gasteiger charge is 2.15. The van der Waals surface area contributed by atoms with Gasteiger partial charge in [0, 0.05) is 35.4 Å². The molecule has 1 aromatic heterocycles. The fraction of sp³-hybridized carbons (Fsp3) is 0.429. The molecule has 1 fully saturated rings. The monoisotopic (exact) mass is 383 g/mol. The summed E-state index contributed by atoms with van der Waals surface area (Å²) in [4.78, 5) is 2.39. The van der Waals surface area contributed by atoms with Crippen molar-refractivity contribution in [2.75, 3.05) is 44.4 Å². The smallest absolute Gasteiger partial charge is 0.210 e. The number of halogens is 1. The van der Waals surface area contributed by atoms with E-state index in [4.69, 9.17) is 10.6 Å². The van der Waals surface area contributed by atoms with Crippen LogP contribution in [0.4, 0.5) is 0 Å². The van der Waals surface area contributed by atoms with Crippen molar-refractivity contribution < 1.29 is 4.74 Å². The highest BCUT2D eigenvalue weighted by Crippen LogP contribution is 2.27. The first-order chi connectivity index (χ1) is 10.8.